The molecule has 0 aliphatic heterocycles. The van der Waals surface area contributed by atoms with E-state index < -0.39 is 11.7 Å². The van der Waals surface area contributed by atoms with Crippen LogP contribution in [0.25, 0.3) is 16.0 Å². The van der Waals surface area contributed by atoms with Crippen molar-refractivity contribution in [1.29, 1.82) is 0 Å². The molecule has 2 aliphatic rings. The molecule has 2 aromatic rings. The summed E-state index contributed by atoms with van der Waals surface area (Å²) < 4.78 is 13.8. The van der Waals surface area contributed by atoms with E-state index in [0.29, 0.717) is 12.5 Å². The van der Waals surface area contributed by atoms with Gasteiger partial charge < -0.3 is 14.0 Å². The second-order valence-electron chi connectivity index (χ2n) is 12.1. The summed E-state index contributed by atoms with van der Waals surface area (Å²) >= 11 is 1.68. The number of allylic oxidation sites excluding steroid dienone is 2. The molecule has 0 bridgehead atoms. The summed E-state index contributed by atoms with van der Waals surface area (Å²) in [5.41, 5.74) is 4.06. The highest BCUT2D eigenvalue weighted by Crippen LogP contribution is 2.49. The number of thiophene rings is 1. The number of hydrogen-bond donors (Lipinski definition) is 0. The Labute approximate surface area is 219 Å². The van der Waals surface area contributed by atoms with Gasteiger partial charge in [0.25, 0.3) is 5.56 Å². The molecule has 5 nitrogen and oxygen atoms in total. The zero-order valence-corrected chi connectivity index (χ0v) is 23.7. The van der Waals surface area contributed by atoms with Crippen LogP contribution in [0, 0.1) is 18.3 Å². The quantitative estimate of drug-likeness (QED) is 0.349. The highest BCUT2D eigenvalue weighted by molar-refractivity contribution is 7.16. The Hall–Kier alpha value is -2.18. The fourth-order valence-electron chi connectivity index (χ4n) is 4.88. The van der Waals surface area contributed by atoms with E-state index in [2.05, 4.69) is 26.8 Å². The van der Waals surface area contributed by atoms with Crippen LogP contribution in [0.2, 0.25) is 0 Å². The van der Waals surface area contributed by atoms with Gasteiger partial charge in [-0.15, -0.1) is 11.3 Å². The van der Waals surface area contributed by atoms with Gasteiger partial charge in [-0.2, -0.15) is 0 Å². The van der Waals surface area contributed by atoms with Crippen LogP contribution in [-0.2, 0) is 20.8 Å². The Morgan fingerprint density at radius 2 is 1.97 bits per heavy atom. The van der Waals surface area contributed by atoms with Crippen LogP contribution in [0.4, 0.5) is 0 Å². The van der Waals surface area contributed by atoms with Crippen LogP contribution >= 0.6 is 11.3 Å². The lowest BCUT2D eigenvalue weighted by Crippen LogP contribution is -2.29. The Morgan fingerprint density at radius 1 is 1.25 bits per heavy atom. The maximum absolute atomic E-state index is 13.3. The number of carbonyl (C=O) groups is 1. The summed E-state index contributed by atoms with van der Waals surface area (Å²) in [6, 6.07) is 3.62. The van der Waals surface area contributed by atoms with Crippen molar-refractivity contribution in [2.24, 2.45) is 11.3 Å². The first-order valence-electron chi connectivity index (χ1n) is 13.3. The maximum Gasteiger partial charge on any atom is 0.340 e. The molecule has 196 valence electrons. The average Bonchev–Trinajstić information content (AvgIpc) is 3.54. The van der Waals surface area contributed by atoms with Gasteiger partial charge in [0.15, 0.2) is 6.10 Å². The molecule has 2 aromatic heterocycles. The van der Waals surface area contributed by atoms with E-state index in [1.54, 1.807) is 17.4 Å². The third-order valence-corrected chi connectivity index (χ3v) is 8.23. The topological polar surface area (TPSA) is 57.5 Å². The number of aryl methyl sites for hydroxylation is 1. The summed E-state index contributed by atoms with van der Waals surface area (Å²) in [6.45, 7) is 15.5. The molecule has 1 atom stereocenters. The van der Waals surface area contributed by atoms with E-state index >= 15 is 0 Å². The zero-order valence-electron chi connectivity index (χ0n) is 22.9. The predicted octanol–water partition coefficient (Wildman–Crippen LogP) is 7.31. The van der Waals surface area contributed by atoms with Crippen molar-refractivity contribution in [3.05, 3.63) is 50.8 Å². The highest BCUT2D eigenvalue weighted by atomic mass is 32.1. The molecule has 0 N–H and O–H groups in total. The van der Waals surface area contributed by atoms with Crippen molar-refractivity contribution in [2.45, 2.75) is 98.8 Å². The van der Waals surface area contributed by atoms with Crippen LogP contribution in [0.3, 0.4) is 0 Å². The van der Waals surface area contributed by atoms with Crippen molar-refractivity contribution in [2.75, 3.05) is 6.61 Å². The standard InChI is InChI=1S/C30H41NO4S/c1-8-34-28(33)26(35-29(3,4)5)24-19(2)36-27(25(24)21-13-15-30(6,7)16-14-21)22-11-12-23(32)31(18-22)17-20-9-10-20/h11-13,18,20,26H,8-10,14-17H2,1-7H3. The minimum absolute atomic E-state index is 0.0415. The minimum Gasteiger partial charge on any atom is -0.464 e. The van der Waals surface area contributed by atoms with Crippen molar-refractivity contribution < 1.29 is 14.3 Å². The van der Waals surface area contributed by atoms with Gasteiger partial charge in [0, 0.05) is 45.3 Å². The molecule has 0 saturated heterocycles. The Balaban J connectivity index is 1.90. The summed E-state index contributed by atoms with van der Waals surface area (Å²) in [4.78, 5) is 28.0. The van der Waals surface area contributed by atoms with Gasteiger partial charge >= 0.3 is 5.97 Å². The van der Waals surface area contributed by atoms with Gasteiger partial charge in [-0.3, -0.25) is 4.79 Å². The lowest BCUT2D eigenvalue weighted by atomic mass is 9.76. The van der Waals surface area contributed by atoms with Crippen molar-refractivity contribution in [1.82, 2.24) is 4.57 Å². The highest BCUT2D eigenvalue weighted by Gasteiger charge is 2.36. The second kappa shape index (κ2) is 10.3. The second-order valence-corrected chi connectivity index (χ2v) is 13.3. The number of carbonyl (C=O) groups excluding carboxylic acids is 1. The molecule has 0 radical (unpaired) electrons. The molecule has 4 rings (SSSR count). The molecule has 0 aromatic carbocycles. The molecule has 2 aliphatic carbocycles. The molecule has 1 saturated carbocycles. The van der Waals surface area contributed by atoms with Crippen LogP contribution in [-0.4, -0.2) is 22.7 Å². The smallest absolute Gasteiger partial charge is 0.340 e. The average molecular weight is 512 g/mol. The lowest BCUT2D eigenvalue weighted by molar-refractivity contribution is -0.166. The Kier molecular flexibility index (Phi) is 7.68. The zero-order chi connectivity index (χ0) is 26.3. The number of aromatic nitrogens is 1. The molecule has 6 heteroatoms. The first kappa shape index (κ1) is 26.9. The van der Waals surface area contributed by atoms with Crippen LogP contribution in [0.1, 0.15) is 95.8 Å². The van der Waals surface area contributed by atoms with E-state index in [0.717, 1.165) is 52.3 Å². The third-order valence-electron chi connectivity index (χ3n) is 7.06. The van der Waals surface area contributed by atoms with Gasteiger partial charge in [0.2, 0.25) is 0 Å². The lowest BCUT2D eigenvalue weighted by Gasteiger charge is -2.31. The van der Waals surface area contributed by atoms with Crippen LogP contribution in [0.5, 0.6) is 0 Å². The van der Waals surface area contributed by atoms with Gasteiger partial charge in [-0.1, -0.05) is 19.9 Å². The minimum atomic E-state index is -0.807. The molecule has 36 heavy (non-hydrogen) atoms. The first-order valence-corrected chi connectivity index (χ1v) is 14.1. The number of esters is 1. The number of ether oxygens (including phenoxy) is 2. The van der Waals surface area contributed by atoms with E-state index in [4.69, 9.17) is 9.47 Å². The van der Waals surface area contributed by atoms with Gasteiger partial charge in [-0.05, 0) is 89.7 Å². The summed E-state index contributed by atoms with van der Waals surface area (Å²) in [7, 11) is 0. The first-order chi connectivity index (χ1) is 16.9. The monoisotopic (exact) mass is 511 g/mol. The fraction of sp³-hybridized carbons (Fsp3) is 0.600. The molecule has 2 heterocycles. The predicted molar refractivity (Wildman–Crippen MR) is 147 cm³/mol. The van der Waals surface area contributed by atoms with Gasteiger partial charge in [-0.25, -0.2) is 4.79 Å². The number of nitrogens with zero attached hydrogens (tertiary/aromatic N) is 1. The molecular formula is C30H41NO4S. The third kappa shape index (κ3) is 6.20. The fourth-order valence-corrected chi connectivity index (χ4v) is 6.09. The summed E-state index contributed by atoms with van der Waals surface area (Å²) in [5, 5.41) is 0. The molecule has 1 unspecified atom stereocenters. The van der Waals surface area contributed by atoms with Gasteiger partial charge in [0.1, 0.15) is 0 Å². The van der Waals surface area contributed by atoms with Crippen LogP contribution in [0.15, 0.2) is 29.2 Å². The van der Waals surface area contributed by atoms with E-state index in [9.17, 15) is 9.59 Å². The molecule has 1 fully saturated rings. The largest absolute Gasteiger partial charge is 0.464 e. The van der Waals surface area contributed by atoms with E-state index in [1.165, 1.54) is 18.4 Å². The Morgan fingerprint density at radius 3 is 2.56 bits per heavy atom. The molecule has 0 spiro atoms. The SMILES string of the molecule is CCOC(=O)C(OC(C)(C)C)c1c(C)sc(-c2ccc(=O)n(CC3CC3)c2)c1C1=CCC(C)(C)CC1. The van der Waals surface area contributed by atoms with E-state index in [-0.39, 0.29) is 16.9 Å². The number of hydrogen-bond acceptors (Lipinski definition) is 5. The van der Waals surface area contributed by atoms with Crippen molar-refractivity contribution >= 4 is 22.9 Å². The number of pyridine rings is 1. The molecule has 0 amide bonds. The van der Waals surface area contributed by atoms with E-state index in [1.807, 2.05) is 44.5 Å². The Bertz CT molecular complexity index is 1210. The van der Waals surface area contributed by atoms with Gasteiger partial charge in [0.05, 0.1) is 12.2 Å². The normalized spacial score (nSPS) is 18.6. The van der Waals surface area contributed by atoms with Crippen molar-refractivity contribution in [3.63, 3.8) is 0 Å². The van der Waals surface area contributed by atoms with Crippen LogP contribution < -0.4 is 5.56 Å². The van der Waals surface area contributed by atoms with Crippen molar-refractivity contribution in [3.8, 4) is 10.4 Å². The maximum atomic E-state index is 13.3. The number of rotatable bonds is 8. The summed E-state index contributed by atoms with van der Waals surface area (Å²) in [6.07, 6.45) is 8.94. The molecular weight excluding hydrogens is 470 g/mol. The summed E-state index contributed by atoms with van der Waals surface area (Å²) in [5.74, 6) is 0.256.